The molecule has 0 aromatic carbocycles. The minimum atomic E-state index is -0.848. The number of hydrogen-bond donors (Lipinski definition) is 0. The molecule has 4 heteroatoms. The van der Waals surface area contributed by atoms with Crippen molar-refractivity contribution in [1.29, 1.82) is 0 Å². The molecule has 4 nitrogen and oxygen atoms in total. The van der Waals surface area contributed by atoms with Gasteiger partial charge in [-0.25, -0.2) is 4.79 Å². The van der Waals surface area contributed by atoms with Gasteiger partial charge in [-0.2, -0.15) is 0 Å². The van der Waals surface area contributed by atoms with E-state index in [0.29, 0.717) is 0 Å². The Morgan fingerprint density at radius 2 is 1.47 bits per heavy atom. The Morgan fingerprint density at radius 1 is 1.00 bits per heavy atom. The Morgan fingerprint density at radius 3 is 1.80 bits per heavy atom. The van der Waals surface area contributed by atoms with E-state index in [1.54, 1.807) is 34.6 Å². The van der Waals surface area contributed by atoms with E-state index in [9.17, 15) is 9.59 Å². The maximum Gasteiger partial charge on any atom is 0.347 e. The molecule has 0 unspecified atom stereocenters. The van der Waals surface area contributed by atoms with Crippen molar-refractivity contribution in [2.24, 2.45) is 5.41 Å². The third-order valence-electron chi connectivity index (χ3n) is 1.58. The molecule has 0 saturated carbocycles. The molecule has 88 valence electrons. The van der Waals surface area contributed by atoms with Crippen LogP contribution < -0.4 is 0 Å². The summed E-state index contributed by atoms with van der Waals surface area (Å²) in [6.07, 6.45) is -1.05. The Kier molecular flexibility index (Phi) is 4.78. The van der Waals surface area contributed by atoms with Crippen molar-refractivity contribution in [3.63, 3.8) is 0 Å². The minimum Gasteiger partial charge on any atom is -0.460 e. The first-order valence-electron chi connectivity index (χ1n) is 5.06. The predicted octanol–water partition coefficient (Wildman–Crippen LogP) is 1.92. The van der Waals surface area contributed by atoms with Gasteiger partial charge in [-0.3, -0.25) is 4.79 Å². The number of carbonyl (C=O) groups excluding carboxylic acids is 2. The average molecular weight is 216 g/mol. The van der Waals surface area contributed by atoms with Crippen LogP contribution in [0.2, 0.25) is 0 Å². The lowest BCUT2D eigenvalue weighted by Gasteiger charge is -2.20. The number of hydrogen-bond acceptors (Lipinski definition) is 4. The molecule has 0 heterocycles. The first-order chi connectivity index (χ1) is 6.64. The van der Waals surface area contributed by atoms with Gasteiger partial charge in [0.15, 0.2) is 6.10 Å². The molecule has 0 bridgehead atoms. The molecule has 0 rings (SSSR count). The highest BCUT2D eigenvalue weighted by Gasteiger charge is 2.28. The van der Waals surface area contributed by atoms with Crippen molar-refractivity contribution in [1.82, 2.24) is 0 Å². The van der Waals surface area contributed by atoms with Crippen LogP contribution in [0.1, 0.15) is 41.5 Å². The summed E-state index contributed by atoms with van der Waals surface area (Å²) in [6, 6.07) is 0. The monoisotopic (exact) mass is 216 g/mol. The normalized spacial score (nSPS) is 13.5. The molecule has 0 aliphatic carbocycles. The number of esters is 2. The van der Waals surface area contributed by atoms with Gasteiger partial charge in [0, 0.05) is 0 Å². The zero-order chi connectivity index (χ0) is 12.2. The van der Waals surface area contributed by atoms with Crippen molar-refractivity contribution >= 4 is 11.9 Å². The molecular formula is C11H20O4. The summed E-state index contributed by atoms with van der Waals surface area (Å²) in [6.45, 7) is 10.2. The Balaban J connectivity index is 4.20. The molecule has 0 N–H and O–H groups in total. The van der Waals surface area contributed by atoms with Crippen LogP contribution in [0.3, 0.4) is 0 Å². The number of ether oxygens (including phenoxy) is 2. The lowest BCUT2D eigenvalue weighted by atomic mass is 9.97. The van der Waals surface area contributed by atoms with Crippen LogP contribution in [0.4, 0.5) is 0 Å². The number of carbonyl (C=O) groups is 2. The van der Waals surface area contributed by atoms with Crippen molar-refractivity contribution < 1.29 is 19.1 Å². The van der Waals surface area contributed by atoms with E-state index in [4.69, 9.17) is 9.47 Å². The van der Waals surface area contributed by atoms with Crippen LogP contribution in [-0.2, 0) is 19.1 Å². The molecule has 0 aromatic heterocycles. The van der Waals surface area contributed by atoms with Crippen LogP contribution in [0.25, 0.3) is 0 Å². The van der Waals surface area contributed by atoms with Crippen LogP contribution >= 0.6 is 0 Å². The van der Waals surface area contributed by atoms with Crippen molar-refractivity contribution in [3.8, 4) is 0 Å². The highest BCUT2D eigenvalue weighted by Crippen LogP contribution is 2.16. The minimum absolute atomic E-state index is 0.201. The molecule has 0 aliphatic rings. The molecule has 0 fully saturated rings. The third-order valence-corrected chi connectivity index (χ3v) is 1.58. The van der Waals surface area contributed by atoms with Crippen LogP contribution in [0.5, 0.6) is 0 Å². The second kappa shape index (κ2) is 5.14. The molecule has 0 aromatic rings. The van der Waals surface area contributed by atoms with Gasteiger partial charge in [0.05, 0.1) is 11.5 Å². The van der Waals surface area contributed by atoms with Gasteiger partial charge in [-0.1, -0.05) is 0 Å². The molecule has 0 amide bonds. The van der Waals surface area contributed by atoms with Gasteiger partial charge in [-0.05, 0) is 41.5 Å². The molecule has 0 radical (unpaired) electrons. The van der Waals surface area contributed by atoms with Gasteiger partial charge in [-0.15, -0.1) is 0 Å². The molecule has 0 spiro atoms. The molecule has 0 aliphatic heterocycles. The van der Waals surface area contributed by atoms with Crippen molar-refractivity contribution in [3.05, 3.63) is 0 Å². The van der Waals surface area contributed by atoms with Gasteiger partial charge >= 0.3 is 11.9 Å². The maximum atomic E-state index is 11.4. The van der Waals surface area contributed by atoms with E-state index in [2.05, 4.69) is 0 Å². The maximum absolute atomic E-state index is 11.4. The van der Waals surface area contributed by atoms with E-state index in [0.717, 1.165) is 0 Å². The van der Waals surface area contributed by atoms with Crippen molar-refractivity contribution in [2.75, 3.05) is 0 Å². The van der Waals surface area contributed by atoms with E-state index in [1.165, 1.54) is 6.92 Å². The first kappa shape index (κ1) is 13.9. The standard InChI is InChI=1S/C11H20O4/c1-7(2)14-9(12)8(3)15-10(13)11(4,5)6/h7-8H,1-6H3/t8-/m1/s1. The largest absolute Gasteiger partial charge is 0.460 e. The highest BCUT2D eigenvalue weighted by molar-refractivity contribution is 5.81. The van der Waals surface area contributed by atoms with E-state index >= 15 is 0 Å². The Labute approximate surface area is 90.9 Å². The lowest BCUT2D eigenvalue weighted by molar-refractivity contribution is -0.173. The van der Waals surface area contributed by atoms with Crippen LogP contribution in [0.15, 0.2) is 0 Å². The van der Waals surface area contributed by atoms with Gasteiger partial charge in [0.2, 0.25) is 0 Å². The SMILES string of the molecule is CC(C)OC(=O)[C@@H](C)OC(=O)C(C)(C)C. The predicted molar refractivity (Wildman–Crippen MR) is 56.2 cm³/mol. The highest BCUT2D eigenvalue weighted by atomic mass is 16.6. The molecular weight excluding hydrogens is 196 g/mol. The average Bonchev–Trinajstić information content (AvgIpc) is 2.00. The van der Waals surface area contributed by atoms with Crippen LogP contribution in [-0.4, -0.2) is 24.1 Å². The first-order valence-corrected chi connectivity index (χ1v) is 5.06. The second-order valence-corrected chi connectivity index (χ2v) is 4.78. The fraction of sp³-hybridized carbons (Fsp3) is 0.818. The summed E-state index contributed by atoms with van der Waals surface area (Å²) in [5, 5.41) is 0. The van der Waals surface area contributed by atoms with Crippen LogP contribution in [0, 0.1) is 5.41 Å². The summed E-state index contributed by atoms with van der Waals surface area (Å²) in [4.78, 5) is 22.8. The summed E-state index contributed by atoms with van der Waals surface area (Å²) in [7, 11) is 0. The summed E-state index contributed by atoms with van der Waals surface area (Å²) < 4.78 is 9.87. The smallest absolute Gasteiger partial charge is 0.347 e. The van der Waals surface area contributed by atoms with E-state index in [-0.39, 0.29) is 6.10 Å². The van der Waals surface area contributed by atoms with Crippen molar-refractivity contribution in [2.45, 2.75) is 53.8 Å². The summed E-state index contributed by atoms with van der Waals surface area (Å²) in [5.74, 6) is -0.918. The lowest BCUT2D eigenvalue weighted by Crippen LogP contribution is -2.33. The van der Waals surface area contributed by atoms with E-state index < -0.39 is 23.5 Å². The van der Waals surface area contributed by atoms with E-state index in [1.807, 2.05) is 0 Å². The van der Waals surface area contributed by atoms with Gasteiger partial charge in [0.1, 0.15) is 0 Å². The zero-order valence-corrected chi connectivity index (χ0v) is 10.3. The topological polar surface area (TPSA) is 52.6 Å². The third kappa shape index (κ3) is 5.40. The Bertz CT molecular complexity index is 237. The van der Waals surface area contributed by atoms with Gasteiger partial charge < -0.3 is 9.47 Å². The fourth-order valence-electron chi connectivity index (χ4n) is 0.714. The van der Waals surface area contributed by atoms with Gasteiger partial charge in [0.25, 0.3) is 0 Å². The molecule has 15 heavy (non-hydrogen) atoms. The summed E-state index contributed by atoms with van der Waals surface area (Å²) >= 11 is 0. The second-order valence-electron chi connectivity index (χ2n) is 4.78. The molecule has 0 saturated heterocycles. The quantitative estimate of drug-likeness (QED) is 0.676. The molecule has 1 atom stereocenters. The zero-order valence-electron chi connectivity index (χ0n) is 10.3. The fourth-order valence-corrected chi connectivity index (χ4v) is 0.714. The Hall–Kier alpha value is -1.06. The number of rotatable bonds is 3. The summed E-state index contributed by atoms with van der Waals surface area (Å²) in [5.41, 5.74) is -0.605.